The molecule has 1 fully saturated rings. The molecule has 1 N–H and O–H groups in total. The number of aryl methyl sites for hydroxylation is 2. The first kappa shape index (κ1) is 20.3. The van der Waals surface area contributed by atoms with Crippen LogP contribution in [0.2, 0.25) is 0 Å². The van der Waals surface area contributed by atoms with E-state index in [1.54, 1.807) is 0 Å². The highest BCUT2D eigenvalue weighted by Crippen LogP contribution is 2.66. The number of aromatic nitrogens is 1. The molecule has 0 bridgehead atoms. The topological polar surface area (TPSA) is 34.2 Å². The third-order valence-corrected chi connectivity index (χ3v) is 8.86. The van der Waals surface area contributed by atoms with Crippen molar-refractivity contribution >= 4 is 10.9 Å². The molecule has 0 amide bonds. The van der Waals surface area contributed by atoms with Gasteiger partial charge in [-0.1, -0.05) is 47.6 Å². The summed E-state index contributed by atoms with van der Waals surface area (Å²) < 4.78 is 13.5. The number of ether oxygens (including phenoxy) is 2. The van der Waals surface area contributed by atoms with E-state index in [4.69, 9.17) is 9.47 Å². The van der Waals surface area contributed by atoms with Gasteiger partial charge in [0.05, 0.1) is 5.60 Å². The number of nitrogens with one attached hydrogen (secondary N) is 1. The van der Waals surface area contributed by atoms with Gasteiger partial charge in [0.25, 0.3) is 0 Å². The van der Waals surface area contributed by atoms with Gasteiger partial charge in [0.2, 0.25) is 5.79 Å². The smallest absolute Gasteiger partial charge is 0.213 e. The van der Waals surface area contributed by atoms with Crippen LogP contribution < -0.4 is 4.74 Å². The molecule has 0 spiro atoms. The molecule has 1 atom stereocenters. The van der Waals surface area contributed by atoms with E-state index >= 15 is 0 Å². The molecule has 0 saturated carbocycles. The third kappa shape index (κ3) is 2.43. The second-order valence-corrected chi connectivity index (χ2v) is 10.6. The maximum absolute atomic E-state index is 6.78. The molecule has 0 aliphatic carbocycles. The highest BCUT2D eigenvalue weighted by Gasteiger charge is 2.68. The van der Waals surface area contributed by atoms with Crippen molar-refractivity contribution in [3.63, 3.8) is 0 Å². The zero-order valence-electron chi connectivity index (χ0n) is 19.0. The second-order valence-electron chi connectivity index (χ2n) is 10.6. The van der Waals surface area contributed by atoms with E-state index in [0.717, 1.165) is 16.7 Å². The number of hydrogen-bond donors (Lipinski definition) is 1. The van der Waals surface area contributed by atoms with E-state index in [2.05, 4.69) is 93.3 Å². The Morgan fingerprint density at radius 1 is 0.815 bits per heavy atom. The summed E-state index contributed by atoms with van der Waals surface area (Å²) >= 11 is 0. The SMILES string of the molecule is Cc1ccc2[nH]cc(O[C@]3(C)OC(C)(C)C(C)(C)C(C)(C)C3(C)C)c2c1C. The Morgan fingerprint density at radius 2 is 1.41 bits per heavy atom. The lowest BCUT2D eigenvalue weighted by molar-refractivity contribution is -0.387. The lowest BCUT2D eigenvalue weighted by atomic mass is 9.46. The predicted octanol–water partition coefficient (Wildman–Crippen LogP) is 6.77. The second kappa shape index (κ2) is 5.53. The van der Waals surface area contributed by atoms with Crippen LogP contribution in [0, 0.1) is 30.1 Å². The minimum atomic E-state index is -0.763. The van der Waals surface area contributed by atoms with Crippen LogP contribution >= 0.6 is 0 Å². The maximum atomic E-state index is 6.78. The van der Waals surface area contributed by atoms with Crippen molar-refractivity contribution in [3.8, 4) is 5.75 Å². The highest BCUT2D eigenvalue weighted by atomic mass is 16.7. The molecule has 27 heavy (non-hydrogen) atoms. The van der Waals surface area contributed by atoms with Crippen LogP contribution in [-0.2, 0) is 4.74 Å². The summed E-state index contributed by atoms with van der Waals surface area (Å²) in [6.45, 7) is 24.7. The van der Waals surface area contributed by atoms with Gasteiger partial charge in [0.15, 0.2) is 0 Å². The summed E-state index contributed by atoms with van der Waals surface area (Å²) in [5, 5.41) is 1.15. The fraction of sp³-hybridized carbons (Fsp3) is 0.667. The van der Waals surface area contributed by atoms with Crippen molar-refractivity contribution < 1.29 is 9.47 Å². The van der Waals surface area contributed by atoms with Gasteiger partial charge in [0, 0.05) is 29.4 Å². The van der Waals surface area contributed by atoms with E-state index in [1.807, 2.05) is 6.20 Å². The number of benzene rings is 1. The third-order valence-electron chi connectivity index (χ3n) is 8.86. The molecule has 3 nitrogen and oxygen atoms in total. The first-order valence-electron chi connectivity index (χ1n) is 10.1. The molecule has 3 rings (SSSR count). The summed E-state index contributed by atoms with van der Waals surface area (Å²) in [7, 11) is 0. The highest BCUT2D eigenvalue weighted by molar-refractivity contribution is 5.90. The van der Waals surface area contributed by atoms with E-state index in [0.29, 0.717) is 0 Å². The first-order chi connectivity index (χ1) is 12.1. The minimum absolute atomic E-state index is 0.0203. The molecule has 150 valence electrons. The quantitative estimate of drug-likeness (QED) is 0.632. The minimum Gasteiger partial charge on any atom is -0.460 e. The Morgan fingerprint density at radius 3 is 2.00 bits per heavy atom. The summed E-state index contributed by atoms with van der Waals surface area (Å²) in [6, 6.07) is 4.27. The van der Waals surface area contributed by atoms with E-state index < -0.39 is 5.79 Å². The fourth-order valence-electron chi connectivity index (χ4n) is 4.75. The van der Waals surface area contributed by atoms with Crippen molar-refractivity contribution in [1.82, 2.24) is 4.98 Å². The molecule has 1 saturated heterocycles. The zero-order chi connectivity index (χ0) is 20.6. The molecule has 1 aliphatic heterocycles. The number of rotatable bonds is 2. The van der Waals surface area contributed by atoms with E-state index in [9.17, 15) is 0 Å². The average Bonchev–Trinajstić information content (AvgIpc) is 2.92. The van der Waals surface area contributed by atoms with Gasteiger partial charge < -0.3 is 14.5 Å². The molecule has 0 unspecified atom stereocenters. The van der Waals surface area contributed by atoms with Gasteiger partial charge in [0.1, 0.15) is 5.75 Å². The summed E-state index contributed by atoms with van der Waals surface area (Å²) in [5.41, 5.74) is 3.01. The van der Waals surface area contributed by atoms with Crippen molar-refractivity contribution in [1.29, 1.82) is 0 Å². The Bertz CT molecular complexity index is 885. The first-order valence-corrected chi connectivity index (χ1v) is 10.1. The van der Waals surface area contributed by atoms with Crippen LogP contribution in [0.4, 0.5) is 0 Å². The number of aromatic amines is 1. The molecule has 0 radical (unpaired) electrons. The van der Waals surface area contributed by atoms with Crippen LogP contribution in [0.5, 0.6) is 5.75 Å². The number of H-pyrrole nitrogens is 1. The zero-order valence-corrected chi connectivity index (χ0v) is 19.0. The summed E-state index contributed by atoms with van der Waals surface area (Å²) in [6.07, 6.45) is 1.97. The van der Waals surface area contributed by atoms with E-state index in [1.165, 1.54) is 11.1 Å². The van der Waals surface area contributed by atoms with Gasteiger partial charge >= 0.3 is 0 Å². The van der Waals surface area contributed by atoms with Gasteiger partial charge in [-0.15, -0.1) is 0 Å². The molecule has 1 aliphatic rings. The predicted molar refractivity (Wildman–Crippen MR) is 113 cm³/mol. The van der Waals surface area contributed by atoms with Crippen molar-refractivity contribution in [2.24, 2.45) is 16.2 Å². The molecule has 1 aromatic carbocycles. The van der Waals surface area contributed by atoms with Crippen LogP contribution in [-0.4, -0.2) is 16.4 Å². The van der Waals surface area contributed by atoms with Crippen molar-refractivity contribution in [2.45, 2.75) is 87.5 Å². The van der Waals surface area contributed by atoms with Gasteiger partial charge in [-0.3, -0.25) is 0 Å². The standard InChI is InChI=1S/C24H37NO2/c1-15-12-13-17-19(16(15)2)18(14-25-17)26-24(11)22(7,8)20(3,4)21(5,6)23(9,10)27-24/h12-14,25H,1-11H3/t24-/m1/s1. The molecular formula is C24H37NO2. The Labute approximate surface area is 164 Å². The maximum Gasteiger partial charge on any atom is 0.213 e. The van der Waals surface area contributed by atoms with Crippen molar-refractivity contribution in [3.05, 3.63) is 29.5 Å². The molecule has 2 aromatic rings. The van der Waals surface area contributed by atoms with Gasteiger partial charge in [-0.25, -0.2) is 0 Å². The monoisotopic (exact) mass is 371 g/mol. The van der Waals surface area contributed by atoms with Crippen LogP contribution in [0.25, 0.3) is 10.9 Å². The lowest BCUT2D eigenvalue weighted by Gasteiger charge is -2.68. The molecule has 2 heterocycles. The molecule has 1 aromatic heterocycles. The normalized spacial score (nSPS) is 28.3. The van der Waals surface area contributed by atoms with Crippen LogP contribution in [0.1, 0.15) is 73.4 Å². The Kier molecular flexibility index (Phi) is 4.15. The molecular weight excluding hydrogens is 334 g/mol. The van der Waals surface area contributed by atoms with E-state index in [-0.39, 0.29) is 21.8 Å². The average molecular weight is 372 g/mol. The van der Waals surface area contributed by atoms with Crippen molar-refractivity contribution in [2.75, 3.05) is 0 Å². The fourth-order valence-corrected chi connectivity index (χ4v) is 4.75. The van der Waals surface area contributed by atoms with Crippen LogP contribution in [0.15, 0.2) is 18.3 Å². The summed E-state index contributed by atoms with van der Waals surface area (Å²) in [4.78, 5) is 3.37. The van der Waals surface area contributed by atoms with Crippen LogP contribution in [0.3, 0.4) is 0 Å². The lowest BCUT2D eigenvalue weighted by Crippen LogP contribution is -2.72. The Hall–Kier alpha value is -1.48. The largest absolute Gasteiger partial charge is 0.460 e. The number of hydrogen-bond acceptors (Lipinski definition) is 2. The number of fused-ring (bicyclic) bond motifs is 1. The van der Waals surface area contributed by atoms with Gasteiger partial charge in [-0.05, 0) is 55.7 Å². The Balaban J connectivity index is 2.15. The summed E-state index contributed by atoms with van der Waals surface area (Å²) in [5.74, 6) is 0.106. The molecule has 3 heteroatoms. The van der Waals surface area contributed by atoms with Gasteiger partial charge in [-0.2, -0.15) is 0 Å².